The summed E-state index contributed by atoms with van der Waals surface area (Å²) in [4.78, 5) is 4.26. The molecule has 1 N–H and O–H groups in total. The summed E-state index contributed by atoms with van der Waals surface area (Å²) in [6.45, 7) is 3.26. The minimum Gasteiger partial charge on any atom is -0.371 e. The number of nitrogens with zero attached hydrogens (tertiary/aromatic N) is 2. The zero-order chi connectivity index (χ0) is 11.4. The van der Waals surface area contributed by atoms with Gasteiger partial charge in [0, 0.05) is 18.9 Å². The molecule has 0 saturated carbocycles. The molecule has 0 radical (unpaired) electrons. The lowest BCUT2D eigenvalue weighted by Crippen LogP contribution is -2.14. The fraction of sp³-hybridized carbons (Fsp3) is 0.417. The lowest BCUT2D eigenvalue weighted by molar-refractivity contribution is 0.698. The molecular formula is C12H17N3S. The molecule has 0 aromatic carbocycles. The number of thioether (sulfide) groups is 1. The molecule has 16 heavy (non-hydrogen) atoms. The Morgan fingerprint density at radius 3 is 3.19 bits per heavy atom. The summed E-state index contributed by atoms with van der Waals surface area (Å²) in [5.74, 6) is 2.98. The van der Waals surface area contributed by atoms with E-state index in [1.165, 1.54) is 5.75 Å². The van der Waals surface area contributed by atoms with Crippen LogP contribution in [0.4, 0.5) is 5.82 Å². The monoisotopic (exact) mass is 235 g/mol. The standard InChI is InChI=1S/C12H17N3S/c1-10(9-16-2)8-14-12-5-3-4-11-13-6-7-15(11)12/h3-7,10,14H,8-9H2,1-2H3. The summed E-state index contributed by atoms with van der Waals surface area (Å²) >= 11 is 1.89. The third-order valence-corrected chi connectivity index (χ3v) is 3.41. The molecule has 2 aromatic rings. The number of anilines is 1. The van der Waals surface area contributed by atoms with Gasteiger partial charge in [0.2, 0.25) is 0 Å². The van der Waals surface area contributed by atoms with Crippen molar-refractivity contribution in [1.29, 1.82) is 0 Å². The van der Waals surface area contributed by atoms with Gasteiger partial charge in [0.05, 0.1) is 0 Å². The van der Waals surface area contributed by atoms with Gasteiger partial charge in [-0.1, -0.05) is 13.0 Å². The summed E-state index contributed by atoms with van der Waals surface area (Å²) in [6.07, 6.45) is 5.95. The van der Waals surface area contributed by atoms with Gasteiger partial charge in [-0.05, 0) is 30.1 Å². The Hall–Kier alpha value is -1.16. The quantitative estimate of drug-likeness (QED) is 0.864. The molecule has 1 unspecified atom stereocenters. The maximum Gasteiger partial charge on any atom is 0.138 e. The first-order valence-corrected chi connectivity index (χ1v) is 6.85. The lowest BCUT2D eigenvalue weighted by Gasteiger charge is -2.13. The Bertz CT molecular complexity index is 452. The topological polar surface area (TPSA) is 29.3 Å². The van der Waals surface area contributed by atoms with Crippen LogP contribution in [0.2, 0.25) is 0 Å². The van der Waals surface area contributed by atoms with Crippen LogP contribution in [-0.4, -0.2) is 27.9 Å². The van der Waals surface area contributed by atoms with Crippen LogP contribution in [0.25, 0.3) is 5.65 Å². The van der Waals surface area contributed by atoms with E-state index in [9.17, 15) is 0 Å². The first kappa shape index (κ1) is 11.3. The lowest BCUT2D eigenvalue weighted by atomic mass is 10.2. The highest BCUT2D eigenvalue weighted by atomic mass is 32.2. The molecule has 0 saturated heterocycles. The molecule has 0 aliphatic rings. The van der Waals surface area contributed by atoms with Gasteiger partial charge in [0.1, 0.15) is 11.5 Å². The van der Waals surface area contributed by atoms with Crippen LogP contribution < -0.4 is 5.32 Å². The van der Waals surface area contributed by atoms with Gasteiger partial charge in [-0.15, -0.1) is 0 Å². The van der Waals surface area contributed by atoms with E-state index in [4.69, 9.17) is 0 Å². The fourth-order valence-corrected chi connectivity index (χ4v) is 2.40. The Labute approximate surface area is 100 Å². The predicted octanol–water partition coefficient (Wildman–Crippen LogP) is 2.75. The smallest absolute Gasteiger partial charge is 0.138 e. The van der Waals surface area contributed by atoms with E-state index in [1.54, 1.807) is 0 Å². The Kier molecular flexibility index (Phi) is 3.72. The van der Waals surface area contributed by atoms with Crippen molar-refractivity contribution in [2.24, 2.45) is 5.92 Å². The maximum atomic E-state index is 4.26. The molecule has 0 aliphatic carbocycles. The van der Waals surface area contributed by atoms with Crippen molar-refractivity contribution >= 4 is 23.2 Å². The van der Waals surface area contributed by atoms with Gasteiger partial charge in [-0.3, -0.25) is 4.40 Å². The predicted molar refractivity (Wildman–Crippen MR) is 71.2 cm³/mol. The number of hydrogen-bond acceptors (Lipinski definition) is 3. The molecule has 2 aromatic heterocycles. The number of imidazole rings is 1. The molecule has 4 heteroatoms. The highest BCUT2D eigenvalue weighted by Crippen LogP contribution is 2.12. The van der Waals surface area contributed by atoms with Crippen molar-refractivity contribution in [2.75, 3.05) is 23.9 Å². The highest BCUT2D eigenvalue weighted by molar-refractivity contribution is 7.98. The molecule has 0 aliphatic heterocycles. The van der Waals surface area contributed by atoms with E-state index in [2.05, 4.69) is 33.9 Å². The molecule has 0 spiro atoms. The Morgan fingerprint density at radius 1 is 1.50 bits per heavy atom. The second-order valence-electron chi connectivity index (χ2n) is 4.01. The van der Waals surface area contributed by atoms with E-state index in [-0.39, 0.29) is 0 Å². The van der Waals surface area contributed by atoms with E-state index >= 15 is 0 Å². The molecule has 3 nitrogen and oxygen atoms in total. The third kappa shape index (κ3) is 2.50. The zero-order valence-corrected chi connectivity index (χ0v) is 10.5. The SMILES string of the molecule is CSCC(C)CNc1cccc2nccn12. The van der Waals surface area contributed by atoms with Crippen LogP contribution in [0.3, 0.4) is 0 Å². The van der Waals surface area contributed by atoms with Crippen LogP contribution in [0.5, 0.6) is 0 Å². The zero-order valence-electron chi connectivity index (χ0n) is 9.68. The van der Waals surface area contributed by atoms with Crippen LogP contribution in [0.1, 0.15) is 6.92 Å². The van der Waals surface area contributed by atoms with Gasteiger partial charge >= 0.3 is 0 Å². The molecule has 86 valence electrons. The molecule has 2 heterocycles. The number of hydrogen-bond donors (Lipinski definition) is 1. The normalized spacial score (nSPS) is 12.9. The van der Waals surface area contributed by atoms with Crippen molar-refractivity contribution in [1.82, 2.24) is 9.38 Å². The first-order valence-electron chi connectivity index (χ1n) is 5.46. The van der Waals surface area contributed by atoms with E-state index in [0.29, 0.717) is 5.92 Å². The maximum absolute atomic E-state index is 4.26. The molecule has 2 rings (SSSR count). The van der Waals surface area contributed by atoms with Crippen LogP contribution in [-0.2, 0) is 0 Å². The van der Waals surface area contributed by atoms with Crippen LogP contribution in [0, 0.1) is 5.92 Å². The number of rotatable bonds is 5. The van der Waals surface area contributed by atoms with Crippen LogP contribution in [0.15, 0.2) is 30.6 Å². The largest absolute Gasteiger partial charge is 0.371 e. The van der Waals surface area contributed by atoms with Crippen molar-refractivity contribution in [2.45, 2.75) is 6.92 Å². The van der Waals surface area contributed by atoms with Gasteiger partial charge in [-0.25, -0.2) is 4.98 Å². The molecule has 1 atom stereocenters. The van der Waals surface area contributed by atoms with Gasteiger partial charge < -0.3 is 5.32 Å². The van der Waals surface area contributed by atoms with Crippen molar-refractivity contribution in [3.8, 4) is 0 Å². The second kappa shape index (κ2) is 5.25. The minimum absolute atomic E-state index is 0.675. The highest BCUT2D eigenvalue weighted by Gasteiger charge is 2.03. The Morgan fingerprint density at radius 2 is 2.38 bits per heavy atom. The van der Waals surface area contributed by atoms with Crippen LogP contribution >= 0.6 is 11.8 Å². The summed E-state index contributed by atoms with van der Waals surface area (Å²) < 4.78 is 2.08. The number of pyridine rings is 1. The molecule has 0 amide bonds. The fourth-order valence-electron chi connectivity index (χ4n) is 1.71. The summed E-state index contributed by atoms with van der Waals surface area (Å²) in [5, 5.41) is 3.47. The molecule has 0 fully saturated rings. The molecular weight excluding hydrogens is 218 g/mol. The average Bonchev–Trinajstić information content (AvgIpc) is 2.75. The second-order valence-corrected chi connectivity index (χ2v) is 4.92. The number of nitrogens with one attached hydrogen (secondary N) is 1. The first-order chi connectivity index (χ1) is 7.81. The van der Waals surface area contributed by atoms with Gasteiger partial charge in [0.15, 0.2) is 0 Å². The van der Waals surface area contributed by atoms with E-state index in [1.807, 2.05) is 36.3 Å². The number of fused-ring (bicyclic) bond motifs is 1. The number of aromatic nitrogens is 2. The van der Waals surface area contributed by atoms with Crippen molar-refractivity contribution < 1.29 is 0 Å². The molecule has 0 bridgehead atoms. The van der Waals surface area contributed by atoms with Gasteiger partial charge in [0.25, 0.3) is 0 Å². The van der Waals surface area contributed by atoms with E-state index < -0.39 is 0 Å². The summed E-state index contributed by atoms with van der Waals surface area (Å²) in [5.41, 5.74) is 0.988. The summed E-state index contributed by atoms with van der Waals surface area (Å²) in [6, 6.07) is 6.13. The van der Waals surface area contributed by atoms with Crippen molar-refractivity contribution in [3.05, 3.63) is 30.6 Å². The average molecular weight is 235 g/mol. The Balaban J connectivity index is 2.06. The summed E-state index contributed by atoms with van der Waals surface area (Å²) in [7, 11) is 0. The minimum atomic E-state index is 0.675. The van der Waals surface area contributed by atoms with E-state index in [0.717, 1.165) is 18.0 Å². The third-order valence-electron chi connectivity index (χ3n) is 2.51. The van der Waals surface area contributed by atoms with Gasteiger partial charge in [-0.2, -0.15) is 11.8 Å². The van der Waals surface area contributed by atoms with Crippen molar-refractivity contribution in [3.63, 3.8) is 0 Å².